The molecule has 0 fully saturated rings. The molecule has 0 heterocycles. The van der Waals surface area contributed by atoms with E-state index in [-0.39, 0.29) is 13.2 Å². The second-order valence-corrected chi connectivity index (χ2v) is 4.27. The highest BCUT2D eigenvalue weighted by Gasteiger charge is 2.21. The van der Waals surface area contributed by atoms with Gasteiger partial charge in [0.1, 0.15) is 5.75 Å². The van der Waals surface area contributed by atoms with E-state index in [4.69, 9.17) is 4.74 Å². The van der Waals surface area contributed by atoms with E-state index < -0.39 is 5.54 Å². The highest BCUT2D eigenvalue weighted by molar-refractivity contribution is 5.33. The first-order valence-electron chi connectivity index (χ1n) is 5.82. The lowest BCUT2D eigenvalue weighted by Crippen LogP contribution is -2.48. The minimum Gasteiger partial charge on any atom is -0.494 e. The number of aliphatic hydroxyl groups excluding tert-OH is 2. The van der Waals surface area contributed by atoms with Crippen molar-refractivity contribution in [3.63, 3.8) is 0 Å². The van der Waals surface area contributed by atoms with Crippen LogP contribution in [0.2, 0.25) is 0 Å². The fraction of sp³-hybridized carbons (Fsp3) is 0.538. The normalized spacial score (nSPS) is 11.5. The minimum atomic E-state index is -0.667. The number of aliphatic hydroxyl groups is 2. The first-order valence-corrected chi connectivity index (χ1v) is 5.82. The lowest BCUT2D eigenvalue weighted by atomic mass is 10.0. The van der Waals surface area contributed by atoms with Gasteiger partial charge in [-0.15, -0.1) is 0 Å². The van der Waals surface area contributed by atoms with E-state index >= 15 is 0 Å². The van der Waals surface area contributed by atoms with Crippen LogP contribution in [0.1, 0.15) is 19.4 Å². The lowest BCUT2D eigenvalue weighted by Gasteiger charge is -2.26. The SMILES string of the molecule is CCOc1ccccc1CNC(C)(CO)CO. The lowest BCUT2D eigenvalue weighted by molar-refractivity contribution is 0.103. The second-order valence-electron chi connectivity index (χ2n) is 4.27. The van der Waals surface area contributed by atoms with Gasteiger partial charge in [0.05, 0.1) is 25.4 Å². The second kappa shape index (κ2) is 6.59. The van der Waals surface area contributed by atoms with Crippen molar-refractivity contribution in [2.75, 3.05) is 19.8 Å². The molecule has 0 spiro atoms. The molecule has 1 aromatic rings. The van der Waals surface area contributed by atoms with Gasteiger partial charge in [-0.2, -0.15) is 0 Å². The number of hydrogen-bond donors (Lipinski definition) is 3. The van der Waals surface area contributed by atoms with Gasteiger partial charge in [-0.05, 0) is 19.9 Å². The molecule has 0 saturated heterocycles. The predicted octanol–water partition coefficient (Wildman–Crippen LogP) is 0.918. The van der Waals surface area contributed by atoms with Crippen molar-refractivity contribution in [1.82, 2.24) is 5.32 Å². The largest absolute Gasteiger partial charge is 0.494 e. The number of nitrogens with one attached hydrogen (secondary N) is 1. The summed E-state index contributed by atoms with van der Waals surface area (Å²) >= 11 is 0. The Labute approximate surface area is 102 Å². The van der Waals surface area contributed by atoms with Crippen molar-refractivity contribution in [3.05, 3.63) is 29.8 Å². The summed E-state index contributed by atoms with van der Waals surface area (Å²) in [6.07, 6.45) is 0. The molecule has 17 heavy (non-hydrogen) atoms. The molecule has 0 atom stereocenters. The average Bonchev–Trinajstić information content (AvgIpc) is 2.38. The zero-order chi connectivity index (χ0) is 12.7. The van der Waals surface area contributed by atoms with Crippen molar-refractivity contribution < 1.29 is 14.9 Å². The van der Waals surface area contributed by atoms with Crippen LogP contribution in [0.3, 0.4) is 0 Å². The molecule has 0 saturated carbocycles. The molecule has 96 valence electrons. The number of ether oxygens (including phenoxy) is 1. The van der Waals surface area contributed by atoms with E-state index in [1.165, 1.54) is 0 Å². The maximum absolute atomic E-state index is 9.18. The number of para-hydroxylation sites is 1. The molecule has 1 aromatic carbocycles. The van der Waals surface area contributed by atoms with Crippen molar-refractivity contribution >= 4 is 0 Å². The Morgan fingerprint density at radius 3 is 2.47 bits per heavy atom. The van der Waals surface area contributed by atoms with Crippen molar-refractivity contribution in [3.8, 4) is 5.75 Å². The standard InChI is InChI=1S/C13H21NO3/c1-3-17-12-7-5-4-6-11(12)8-14-13(2,9-15)10-16/h4-7,14-16H,3,8-10H2,1-2H3. The highest BCUT2D eigenvalue weighted by Crippen LogP contribution is 2.18. The van der Waals surface area contributed by atoms with E-state index in [1.807, 2.05) is 31.2 Å². The molecule has 0 aliphatic carbocycles. The van der Waals surface area contributed by atoms with E-state index in [0.717, 1.165) is 11.3 Å². The van der Waals surface area contributed by atoms with Crippen molar-refractivity contribution in [2.45, 2.75) is 25.9 Å². The molecule has 0 aliphatic rings. The molecule has 3 N–H and O–H groups in total. The van der Waals surface area contributed by atoms with E-state index in [1.54, 1.807) is 6.92 Å². The molecule has 1 rings (SSSR count). The summed E-state index contributed by atoms with van der Waals surface area (Å²) in [4.78, 5) is 0. The van der Waals surface area contributed by atoms with Crippen LogP contribution in [0.4, 0.5) is 0 Å². The van der Waals surface area contributed by atoms with Crippen molar-refractivity contribution in [2.24, 2.45) is 0 Å². The molecule has 0 aromatic heterocycles. The summed E-state index contributed by atoms with van der Waals surface area (Å²) in [5.41, 5.74) is 0.349. The Balaban J connectivity index is 2.68. The highest BCUT2D eigenvalue weighted by atomic mass is 16.5. The maximum Gasteiger partial charge on any atom is 0.123 e. The van der Waals surface area contributed by atoms with Crippen LogP contribution >= 0.6 is 0 Å². The van der Waals surface area contributed by atoms with Gasteiger partial charge < -0.3 is 20.3 Å². The summed E-state index contributed by atoms with van der Waals surface area (Å²) in [6, 6.07) is 7.74. The van der Waals surface area contributed by atoms with Crippen LogP contribution in [0.25, 0.3) is 0 Å². The third kappa shape index (κ3) is 4.00. The molecule has 0 amide bonds. The molecular weight excluding hydrogens is 218 g/mol. The van der Waals surface area contributed by atoms with Gasteiger partial charge in [-0.3, -0.25) is 0 Å². The summed E-state index contributed by atoms with van der Waals surface area (Å²) in [5, 5.41) is 21.5. The zero-order valence-corrected chi connectivity index (χ0v) is 10.4. The quantitative estimate of drug-likeness (QED) is 0.662. The molecule has 0 radical (unpaired) electrons. The molecule has 4 nitrogen and oxygen atoms in total. The Bertz CT molecular complexity index is 337. The molecule has 0 bridgehead atoms. The van der Waals surface area contributed by atoms with Crippen LogP contribution < -0.4 is 10.1 Å². The first kappa shape index (κ1) is 14.0. The minimum absolute atomic E-state index is 0.111. The Morgan fingerprint density at radius 2 is 1.88 bits per heavy atom. The fourth-order valence-corrected chi connectivity index (χ4v) is 1.42. The predicted molar refractivity (Wildman–Crippen MR) is 67.0 cm³/mol. The summed E-state index contributed by atoms with van der Waals surface area (Å²) < 4.78 is 5.50. The zero-order valence-electron chi connectivity index (χ0n) is 10.4. The number of benzene rings is 1. The van der Waals surface area contributed by atoms with Gasteiger partial charge >= 0.3 is 0 Å². The fourth-order valence-electron chi connectivity index (χ4n) is 1.42. The Kier molecular flexibility index (Phi) is 5.41. The Morgan fingerprint density at radius 1 is 1.24 bits per heavy atom. The van der Waals surface area contributed by atoms with Crippen LogP contribution in [0.5, 0.6) is 5.75 Å². The summed E-state index contributed by atoms with van der Waals surface area (Å²) in [7, 11) is 0. The maximum atomic E-state index is 9.18. The first-order chi connectivity index (χ1) is 8.15. The summed E-state index contributed by atoms with van der Waals surface area (Å²) in [6.45, 7) is 4.66. The number of hydrogen-bond acceptors (Lipinski definition) is 4. The molecule has 4 heteroatoms. The molecule has 0 unspecified atom stereocenters. The van der Waals surface area contributed by atoms with Crippen LogP contribution in [-0.2, 0) is 6.54 Å². The molecule has 0 aliphatic heterocycles. The topological polar surface area (TPSA) is 61.7 Å². The Hall–Kier alpha value is -1.10. The monoisotopic (exact) mass is 239 g/mol. The smallest absolute Gasteiger partial charge is 0.123 e. The number of rotatable bonds is 7. The van der Waals surface area contributed by atoms with E-state index in [9.17, 15) is 10.2 Å². The van der Waals surface area contributed by atoms with Crippen LogP contribution in [0, 0.1) is 0 Å². The third-order valence-corrected chi connectivity index (χ3v) is 2.68. The van der Waals surface area contributed by atoms with E-state index in [2.05, 4.69) is 5.32 Å². The average molecular weight is 239 g/mol. The third-order valence-electron chi connectivity index (χ3n) is 2.68. The molecular formula is C13H21NO3. The van der Waals surface area contributed by atoms with Crippen molar-refractivity contribution in [1.29, 1.82) is 0 Å². The summed E-state index contributed by atoms with van der Waals surface area (Å²) in [5.74, 6) is 0.834. The van der Waals surface area contributed by atoms with Gasteiger partial charge in [0.15, 0.2) is 0 Å². The van der Waals surface area contributed by atoms with Gasteiger partial charge in [0.2, 0.25) is 0 Å². The van der Waals surface area contributed by atoms with Gasteiger partial charge in [0, 0.05) is 12.1 Å². The van der Waals surface area contributed by atoms with Gasteiger partial charge in [-0.25, -0.2) is 0 Å². The van der Waals surface area contributed by atoms with Crippen LogP contribution in [0.15, 0.2) is 24.3 Å². The van der Waals surface area contributed by atoms with Crippen LogP contribution in [-0.4, -0.2) is 35.6 Å². The van der Waals surface area contributed by atoms with E-state index in [0.29, 0.717) is 13.2 Å². The van der Waals surface area contributed by atoms with Gasteiger partial charge in [-0.1, -0.05) is 18.2 Å². The van der Waals surface area contributed by atoms with Gasteiger partial charge in [0.25, 0.3) is 0 Å².